The number of alkyl carbamates (subject to hydrolysis) is 1. The van der Waals surface area contributed by atoms with E-state index in [0.29, 0.717) is 24.5 Å². The Hall–Kier alpha value is -4.00. The molecule has 1 aromatic heterocycles. The molecule has 1 saturated heterocycles. The zero-order valence-corrected chi connectivity index (χ0v) is 29.9. The molecule has 0 aliphatic carbocycles. The summed E-state index contributed by atoms with van der Waals surface area (Å²) >= 11 is 1.56. The van der Waals surface area contributed by atoms with Gasteiger partial charge in [0.25, 0.3) is 0 Å². The maximum Gasteiger partial charge on any atom is 0.408 e. The molecule has 4 rings (SSSR count). The number of nitrogens with zero attached hydrogens (tertiary/aromatic N) is 3. The van der Waals surface area contributed by atoms with E-state index in [1.807, 2.05) is 100 Å². The van der Waals surface area contributed by atoms with E-state index < -0.39 is 41.8 Å². The molecule has 0 spiro atoms. The van der Waals surface area contributed by atoms with Gasteiger partial charge in [-0.25, -0.2) is 14.8 Å². The predicted octanol–water partition coefficient (Wildman–Crippen LogP) is 4.36. The van der Waals surface area contributed by atoms with Crippen LogP contribution in [-0.4, -0.2) is 86.0 Å². The molecule has 12 heteroatoms. The quantitative estimate of drug-likeness (QED) is 0.181. The molecular weight excluding hydrogens is 641 g/mol. The number of benzene rings is 2. The molecule has 2 aromatic carbocycles. The van der Waals surface area contributed by atoms with Crippen LogP contribution in [0.15, 0.2) is 84.3 Å². The van der Waals surface area contributed by atoms with Gasteiger partial charge in [-0.15, -0.1) is 0 Å². The van der Waals surface area contributed by atoms with Crippen LogP contribution in [-0.2, 0) is 27.4 Å². The Morgan fingerprint density at radius 2 is 1.59 bits per heavy atom. The molecule has 4 N–H and O–H groups in total. The number of nitrogens with one attached hydrogen (secondary N) is 3. The number of aromatic nitrogens is 2. The highest BCUT2D eigenvalue weighted by atomic mass is 32.2. The highest BCUT2D eigenvalue weighted by Gasteiger charge is 2.38. The minimum atomic E-state index is -1.02. The molecule has 0 saturated carbocycles. The summed E-state index contributed by atoms with van der Waals surface area (Å²) in [7, 11) is 0. The van der Waals surface area contributed by atoms with E-state index in [4.69, 9.17) is 4.74 Å². The lowest BCUT2D eigenvalue weighted by molar-refractivity contribution is -0.130. The normalized spacial score (nSPS) is 18.6. The fourth-order valence-corrected chi connectivity index (χ4v) is 6.79. The summed E-state index contributed by atoms with van der Waals surface area (Å²) < 4.78 is 5.39. The van der Waals surface area contributed by atoms with Crippen LogP contribution in [0, 0.1) is 5.92 Å². The smallest absolute Gasteiger partial charge is 0.408 e. The molecule has 264 valence electrons. The number of aliphatic hydroxyl groups excluding tert-OH is 1. The third kappa shape index (κ3) is 12.4. The van der Waals surface area contributed by atoms with Crippen molar-refractivity contribution in [1.82, 2.24) is 30.8 Å². The van der Waals surface area contributed by atoms with Crippen LogP contribution >= 0.6 is 11.8 Å². The number of carbonyl (C=O) groups excluding carboxylic acids is 3. The monoisotopic (exact) mass is 690 g/mol. The fraction of sp³-hybridized carbons (Fsp3) is 0.486. The van der Waals surface area contributed by atoms with Crippen LogP contribution in [0.2, 0.25) is 0 Å². The van der Waals surface area contributed by atoms with Crippen molar-refractivity contribution in [1.29, 1.82) is 0 Å². The van der Waals surface area contributed by atoms with E-state index in [2.05, 4.69) is 25.9 Å². The Bertz CT molecular complexity index is 1470. The second kappa shape index (κ2) is 18.1. The highest BCUT2D eigenvalue weighted by molar-refractivity contribution is 7.99. The van der Waals surface area contributed by atoms with Gasteiger partial charge in [0.15, 0.2) is 5.16 Å². The number of thioether (sulfide) groups is 1. The van der Waals surface area contributed by atoms with Gasteiger partial charge in [0.1, 0.15) is 12.6 Å². The van der Waals surface area contributed by atoms with E-state index in [1.165, 1.54) is 0 Å². The molecule has 0 radical (unpaired) electrons. The number of rotatable bonds is 14. The van der Waals surface area contributed by atoms with Crippen molar-refractivity contribution in [2.45, 2.75) is 101 Å². The van der Waals surface area contributed by atoms with Crippen molar-refractivity contribution in [2.75, 3.05) is 13.1 Å². The first kappa shape index (κ1) is 37.8. The third-order valence-corrected chi connectivity index (χ3v) is 9.41. The van der Waals surface area contributed by atoms with Gasteiger partial charge in [-0.2, -0.15) is 0 Å². The molecule has 3 aromatic rings. The zero-order chi connectivity index (χ0) is 35.4. The van der Waals surface area contributed by atoms with Crippen LogP contribution in [0.25, 0.3) is 0 Å². The topological polar surface area (TPSA) is 146 Å². The standard InChI is InChI=1S/C37H50N6O5S/c1-25(2)32(41-36(47)48-24-27-15-10-7-11-16-27)34(46)40-29(21-26-13-8-6-9-14-26)31(44)23-43-20-17-28(49-35-38-18-12-19-39-35)22-30(43)33(45)42-37(3,4)5/h6-16,18-19,25,28-32,44H,17,20-24H2,1-5H3,(H,40,46)(H,41,47)(H,42,45)/t28-,29+,30+,31-,32+/m1/s1. The molecule has 5 atom stereocenters. The first-order valence-corrected chi connectivity index (χ1v) is 17.7. The van der Waals surface area contributed by atoms with E-state index in [0.717, 1.165) is 17.5 Å². The van der Waals surface area contributed by atoms with Gasteiger partial charge in [0.05, 0.1) is 18.2 Å². The van der Waals surface area contributed by atoms with E-state index in [1.54, 1.807) is 30.2 Å². The van der Waals surface area contributed by atoms with Crippen molar-refractivity contribution >= 4 is 29.7 Å². The van der Waals surface area contributed by atoms with Crippen molar-refractivity contribution in [3.05, 3.63) is 90.3 Å². The summed E-state index contributed by atoms with van der Waals surface area (Å²) in [5.74, 6) is -0.790. The van der Waals surface area contributed by atoms with Gasteiger partial charge < -0.3 is 25.8 Å². The van der Waals surface area contributed by atoms with Gasteiger partial charge in [-0.05, 0) is 63.1 Å². The predicted molar refractivity (Wildman–Crippen MR) is 191 cm³/mol. The molecule has 2 heterocycles. The number of aliphatic hydroxyl groups is 1. The molecule has 1 aliphatic heterocycles. The van der Waals surface area contributed by atoms with Crippen molar-refractivity contribution in [3.63, 3.8) is 0 Å². The Kier molecular flexibility index (Phi) is 14.0. The summed E-state index contributed by atoms with van der Waals surface area (Å²) in [6.45, 7) is 10.3. The average molecular weight is 691 g/mol. The van der Waals surface area contributed by atoms with Gasteiger partial charge in [-0.1, -0.05) is 86.3 Å². The molecule has 0 unspecified atom stereocenters. The molecule has 1 aliphatic rings. The van der Waals surface area contributed by atoms with Gasteiger partial charge in [0, 0.05) is 36.3 Å². The lowest BCUT2D eigenvalue weighted by Gasteiger charge is -2.41. The van der Waals surface area contributed by atoms with Crippen LogP contribution in [0.3, 0.4) is 0 Å². The summed E-state index contributed by atoms with van der Waals surface area (Å²) in [5.41, 5.74) is 1.33. The van der Waals surface area contributed by atoms with E-state index in [9.17, 15) is 19.5 Å². The first-order chi connectivity index (χ1) is 23.4. The summed E-state index contributed by atoms with van der Waals surface area (Å²) in [4.78, 5) is 50.9. The number of ether oxygens (including phenoxy) is 1. The van der Waals surface area contributed by atoms with Crippen LogP contribution in [0.4, 0.5) is 4.79 Å². The SMILES string of the molecule is CC(C)[C@H](NC(=O)OCc1ccccc1)C(=O)N[C@@H](Cc1ccccc1)[C@H](O)CN1CC[C@@H](Sc2ncccn2)C[C@H]1C(=O)NC(C)(C)C. The molecule has 1 fully saturated rings. The number of hydrogen-bond acceptors (Lipinski definition) is 9. The number of carbonyl (C=O) groups is 3. The highest BCUT2D eigenvalue weighted by Crippen LogP contribution is 2.31. The second-order valence-corrected chi connectivity index (χ2v) is 15.1. The molecule has 11 nitrogen and oxygen atoms in total. The Morgan fingerprint density at radius 3 is 2.20 bits per heavy atom. The Balaban J connectivity index is 1.48. The zero-order valence-electron chi connectivity index (χ0n) is 29.0. The summed E-state index contributed by atoms with van der Waals surface area (Å²) in [6, 6.07) is 18.6. The van der Waals surface area contributed by atoms with Crippen molar-refractivity contribution < 1.29 is 24.2 Å². The fourth-order valence-electron chi connectivity index (χ4n) is 5.75. The average Bonchev–Trinajstić information content (AvgIpc) is 3.07. The first-order valence-electron chi connectivity index (χ1n) is 16.9. The second-order valence-electron chi connectivity index (χ2n) is 13.8. The van der Waals surface area contributed by atoms with E-state index >= 15 is 0 Å². The Labute approximate surface area is 294 Å². The maximum atomic E-state index is 13.8. The lowest BCUT2D eigenvalue weighted by atomic mass is 9.95. The number of amides is 3. The van der Waals surface area contributed by atoms with Gasteiger partial charge in [-0.3, -0.25) is 14.5 Å². The van der Waals surface area contributed by atoms with Gasteiger partial charge in [0.2, 0.25) is 11.8 Å². The summed E-state index contributed by atoms with van der Waals surface area (Å²) in [6.07, 6.45) is 3.37. The number of β-amino-alcohol motifs (C(OH)–C–C–N with tert-alkyl or cyclic N) is 1. The van der Waals surface area contributed by atoms with Crippen molar-refractivity contribution in [2.24, 2.45) is 5.92 Å². The Morgan fingerprint density at radius 1 is 0.959 bits per heavy atom. The third-order valence-electron chi connectivity index (χ3n) is 8.23. The molecular formula is C37H50N6O5S. The molecule has 3 amide bonds. The lowest BCUT2D eigenvalue weighted by Crippen LogP contribution is -2.60. The number of hydrogen-bond donors (Lipinski definition) is 4. The number of likely N-dealkylation sites (tertiary alicyclic amines) is 1. The van der Waals surface area contributed by atoms with Crippen molar-refractivity contribution in [3.8, 4) is 0 Å². The molecule has 49 heavy (non-hydrogen) atoms. The molecule has 0 bridgehead atoms. The van der Waals surface area contributed by atoms with Crippen LogP contribution < -0.4 is 16.0 Å². The largest absolute Gasteiger partial charge is 0.445 e. The number of piperidine rings is 1. The summed E-state index contributed by atoms with van der Waals surface area (Å²) in [5, 5.41) is 21.4. The maximum absolute atomic E-state index is 13.8. The van der Waals surface area contributed by atoms with E-state index in [-0.39, 0.29) is 30.2 Å². The van der Waals surface area contributed by atoms with Crippen LogP contribution in [0.1, 0.15) is 58.6 Å². The van der Waals surface area contributed by atoms with Crippen LogP contribution in [0.5, 0.6) is 0 Å². The minimum absolute atomic E-state index is 0.0754. The minimum Gasteiger partial charge on any atom is -0.445 e. The van der Waals surface area contributed by atoms with Gasteiger partial charge >= 0.3 is 6.09 Å².